The van der Waals surface area contributed by atoms with Gasteiger partial charge in [0.05, 0.1) is 0 Å². The van der Waals surface area contributed by atoms with Gasteiger partial charge in [-0.15, -0.1) is 0 Å². The van der Waals surface area contributed by atoms with Crippen LogP contribution in [0, 0.1) is 0 Å². The fraction of sp³-hybridized carbons (Fsp3) is 0.238. The zero-order valence-electron chi connectivity index (χ0n) is 15.8. The third-order valence-electron chi connectivity index (χ3n) is 5.03. The van der Waals surface area contributed by atoms with Crippen LogP contribution in [0.15, 0.2) is 42.5 Å². The van der Waals surface area contributed by atoms with Crippen molar-refractivity contribution in [3.05, 3.63) is 64.2 Å². The monoisotopic (exact) mass is 427 g/mol. The third kappa shape index (κ3) is 4.13. The minimum Gasteiger partial charge on any atom is -0.444 e. The second-order valence-electron chi connectivity index (χ2n) is 7.10. The molecule has 4 amide bonds. The summed E-state index contributed by atoms with van der Waals surface area (Å²) in [4.78, 5) is 49.7. The molecule has 1 unspecified atom stereocenters. The van der Waals surface area contributed by atoms with Crippen LogP contribution in [0.4, 0.5) is 10.5 Å². The van der Waals surface area contributed by atoms with E-state index >= 15 is 0 Å². The van der Waals surface area contributed by atoms with Crippen LogP contribution >= 0.6 is 11.6 Å². The molecule has 30 heavy (non-hydrogen) atoms. The Balaban J connectivity index is 1.39. The molecule has 2 N–H and O–H groups in total. The second-order valence-corrected chi connectivity index (χ2v) is 7.54. The van der Waals surface area contributed by atoms with Crippen molar-refractivity contribution >= 4 is 41.1 Å². The van der Waals surface area contributed by atoms with Gasteiger partial charge in [0.15, 0.2) is 0 Å². The maximum atomic E-state index is 12.8. The molecular weight excluding hydrogens is 410 g/mol. The molecule has 0 aromatic heterocycles. The largest absolute Gasteiger partial charge is 0.444 e. The Bertz CT molecular complexity index is 1050. The molecule has 0 spiro atoms. The zero-order chi connectivity index (χ0) is 21.3. The first-order valence-corrected chi connectivity index (χ1v) is 9.74. The Morgan fingerprint density at radius 2 is 2.03 bits per heavy atom. The Labute approximate surface area is 177 Å². The van der Waals surface area contributed by atoms with E-state index in [0.29, 0.717) is 34.8 Å². The summed E-state index contributed by atoms with van der Waals surface area (Å²) in [6.07, 6.45) is -0.129. The van der Waals surface area contributed by atoms with Gasteiger partial charge in [-0.1, -0.05) is 29.8 Å². The summed E-state index contributed by atoms with van der Waals surface area (Å²) in [5.74, 6) is -1.05. The van der Waals surface area contributed by atoms with E-state index < -0.39 is 18.0 Å². The molecule has 8 nitrogen and oxygen atoms in total. The van der Waals surface area contributed by atoms with E-state index in [4.69, 9.17) is 16.3 Å². The van der Waals surface area contributed by atoms with Crippen LogP contribution in [0.1, 0.15) is 34.3 Å². The first kappa shape index (κ1) is 19.9. The topological polar surface area (TPSA) is 105 Å². The minimum atomic E-state index is -0.661. The fourth-order valence-corrected chi connectivity index (χ4v) is 3.75. The standard InChI is InChI=1S/C21H18ClN3O5/c22-14-2-1-3-15(9-14)23-21(29)30-11-12-4-5-13-10-25(20(28)16(13)8-12)17-6-7-18(26)24-19(17)27/h1-5,8-9,17H,6-7,10-11H2,(H,23,29)(H,24,26,27). The van der Waals surface area contributed by atoms with E-state index in [0.717, 1.165) is 5.56 Å². The molecule has 0 saturated carbocycles. The average molecular weight is 428 g/mol. The van der Waals surface area contributed by atoms with E-state index in [1.165, 1.54) is 4.90 Å². The first-order valence-electron chi connectivity index (χ1n) is 9.36. The number of hydrogen-bond donors (Lipinski definition) is 2. The summed E-state index contributed by atoms with van der Waals surface area (Å²) in [5, 5.41) is 5.35. The van der Waals surface area contributed by atoms with E-state index in [2.05, 4.69) is 10.6 Å². The molecule has 1 fully saturated rings. The summed E-state index contributed by atoms with van der Waals surface area (Å²) >= 11 is 5.88. The van der Waals surface area contributed by atoms with E-state index in [1.807, 2.05) is 0 Å². The number of carbonyl (C=O) groups is 4. The number of hydrogen-bond acceptors (Lipinski definition) is 5. The summed E-state index contributed by atoms with van der Waals surface area (Å²) in [7, 11) is 0. The lowest BCUT2D eigenvalue weighted by Gasteiger charge is -2.29. The van der Waals surface area contributed by atoms with Crippen LogP contribution in [0.3, 0.4) is 0 Å². The lowest BCUT2D eigenvalue weighted by atomic mass is 10.0. The molecule has 2 aromatic carbocycles. The Morgan fingerprint density at radius 1 is 1.20 bits per heavy atom. The number of halogens is 1. The van der Waals surface area contributed by atoms with Crippen LogP contribution < -0.4 is 10.6 Å². The highest BCUT2D eigenvalue weighted by molar-refractivity contribution is 6.30. The van der Waals surface area contributed by atoms with E-state index in [9.17, 15) is 19.2 Å². The molecule has 154 valence electrons. The van der Waals surface area contributed by atoms with E-state index in [1.54, 1.807) is 42.5 Å². The number of nitrogens with zero attached hydrogens (tertiary/aromatic N) is 1. The van der Waals surface area contributed by atoms with Crippen LogP contribution in [0.2, 0.25) is 5.02 Å². The molecule has 9 heteroatoms. The summed E-state index contributed by atoms with van der Waals surface area (Å²) in [6, 6.07) is 11.2. The second kappa shape index (κ2) is 8.16. The lowest BCUT2D eigenvalue weighted by molar-refractivity contribution is -0.136. The van der Waals surface area contributed by atoms with Gasteiger partial charge >= 0.3 is 6.09 Å². The molecule has 0 radical (unpaired) electrons. The number of fused-ring (bicyclic) bond motifs is 1. The normalized spacial score (nSPS) is 18.1. The molecular formula is C21H18ClN3O5. The molecule has 0 aliphatic carbocycles. The van der Waals surface area contributed by atoms with Gasteiger partial charge in [-0.2, -0.15) is 0 Å². The van der Waals surface area contributed by atoms with Crippen molar-refractivity contribution in [3.63, 3.8) is 0 Å². The van der Waals surface area contributed by atoms with Crippen molar-refractivity contribution in [2.24, 2.45) is 0 Å². The maximum Gasteiger partial charge on any atom is 0.411 e. The minimum absolute atomic E-state index is 0.0224. The Hall–Kier alpha value is -3.39. The van der Waals surface area contributed by atoms with Gasteiger partial charge in [-0.05, 0) is 41.8 Å². The van der Waals surface area contributed by atoms with Gasteiger partial charge < -0.3 is 9.64 Å². The number of amides is 4. The molecule has 1 atom stereocenters. The lowest BCUT2D eigenvalue weighted by Crippen LogP contribution is -2.52. The Morgan fingerprint density at radius 3 is 2.80 bits per heavy atom. The van der Waals surface area contributed by atoms with Gasteiger partial charge in [0.25, 0.3) is 5.91 Å². The van der Waals surface area contributed by atoms with Crippen molar-refractivity contribution in [1.29, 1.82) is 0 Å². The highest BCUT2D eigenvalue weighted by atomic mass is 35.5. The SMILES string of the molecule is O=C1CCC(N2Cc3ccc(COC(=O)Nc4cccc(Cl)c4)cc3C2=O)C(=O)N1. The highest BCUT2D eigenvalue weighted by Crippen LogP contribution is 2.28. The predicted molar refractivity (Wildman–Crippen MR) is 108 cm³/mol. The van der Waals surface area contributed by atoms with Crippen LogP contribution in [0.25, 0.3) is 0 Å². The number of piperidine rings is 1. The number of imide groups is 1. The smallest absolute Gasteiger partial charge is 0.411 e. The predicted octanol–water partition coefficient (Wildman–Crippen LogP) is 2.85. The van der Waals surface area contributed by atoms with Crippen molar-refractivity contribution < 1.29 is 23.9 Å². The molecule has 2 aliphatic heterocycles. The van der Waals surface area contributed by atoms with Crippen molar-refractivity contribution in [1.82, 2.24) is 10.2 Å². The quantitative estimate of drug-likeness (QED) is 0.730. The highest BCUT2D eigenvalue weighted by Gasteiger charge is 2.39. The van der Waals surface area contributed by atoms with Crippen molar-refractivity contribution in [2.75, 3.05) is 5.32 Å². The molecule has 1 saturated heterocycles. The fourth-order valence-electron chi connectivity index (χ4n) is 3.56. The van der Waals surface area contributed by atoms with Crippen LogP contribution in [0.5, 0.6) is 0 Å². The number of anilines is 1. The number of rotatable bonds is 4. The van der Waals surface area contributed by atoms with Crippen LogP contribution in [-0.4, -0.2) is 34.8 Å². The van der Waals surface area contributed by atoms with Gasteiger partial charge in [-0.3, -0.25) is 25.0 Å². The molecule has 2 heterocycles. The number of ether oxygens (including phenoxy) is 1. The number of nitrogens with one attached hydrogen (secondary N) is 2. The average Bonchev–Trinajstić information content (AvgIpc) is 3.02. The number of benzene rings is 2. The van der Waals surface area contributed by atoms with Gasteiger partial charge in [0.1, 0.15) is 12.6 Å². The van der Waals surface area contributed by atoms with E-state index in [-0.39, 0.29) is 24.8 Å². The zero-order valence-corrected chi connectivity index (χ0v) is 16.6. The van der Waals surface area contributed by atoms with Gasteiger partial charge in [0.2, 0.25) is 11.8 Å². The maximum absolute atomic E-state index is 12.8. The van der Waals surface area contributed by atoms with Crippen molar-refractivity contribution in [3.8, 4) is 0 Å². The van der Waals surface area contributed by atoms with Crippen molar-refractivity contribution in [2.45, 2.75) is 32.0 Å². The van der Waals surface area contributed by atoms with Crippen LogP contribution in [-0.2, 0) is 27.5 Å². The Kier molecular flexibility index (Phi) is 5.41. The molecule has 2 aliphatic rings. The molecule has 4 rings (SSSR count). The first-order chi connectivity index (χ1) is 14.4. The van der Waals surface area contributed by atoms with Gasteiger partial charge in [-0.25, -0.2) is 4.79 Å². The molecule has 0 bridgehead atoms. The third-order valence-corrected chi connectivity index (χ3v) is 5.27. The summed E-state index contributed by atoms with van der Waals surface area (Å²) in [6.45, 7) is 0.280. The number of carbonyl (C=O) groups excluding carboxylic acids is 4. The summed E-state index contributed by atoms with van der Waals surface area (Å²) < 4.78 is 5.22. The summed E-state index contributed by atoms with van der Waals surface area (Å²) in [5.41, 5.74) is 2.41. The van der Waals surface area contributed by atoms with Gasteiger partial charge in [0, 0.05) is 29.2 Å². The molecule has 2 aromatic rings.